The number of rotatable bonds is 2. The molecule has 3 rings (SSSR count). The van der Waals surface area contributed by atoms with Crippen molar-refractivity contribution in [2.45, 2.75) is 31.4 Å². The summed E-state index contributed by atoms with van der Waals surface area (Å²) in [5.41, 5.74) is -1.43. The normalized spacial score (nSPS) is 21.1. The quantitative estimate of drug-likeness (QED) is 0.866. The minimum absolute atomic E-state index is 0.116. The second-order valence-corrected chi connectivity index (χ2v) is 5.08. The standard InChI is InChI=1S/C13H15FN2O2/c14-13(5-6-13)10-4-3-9(11(17)15-10)12(18)16-7-1-2-8-16/h3-4H,1-2,5-8H2,(H,15,17). The van der Waals surface area contributed by atoms with E-state index in [9.17, 15) is 14.0 Å². The van der Waals surface area contributed by atoms with Crippen LogP contribution in [0.5, 0.6) is 0 Å². The van der Waals surface area contributed by atoms with Gasteiger partial charge in [-0.2, -0.15) is 0 Å². The largest absolute Gasteiger partial charge is 0.338 e. The molecule has 1 saturated heterocycles. The molecule has 1 aliphatic heterocycles. The van der Waals surface area contributed by atoms with Crippen LogP contribution in [0.3, 0.4) is 0 Å². The van der Waals surface area contributed by atoms with Crippen molar-refractivity contribution in [2.75, 3.05) is 13.1 Å². The van der Waals surface area contributed by atoms with Gasteiger partial charge in [0.15, 0.2) is 5.67 Å². The molecule has 96 valence electrons. The fraction of sp³-hybridized carbons (Fsp3) is 0.538. The molecule has 0 bridgehead atoms. The van der Waals surface area contributed by atoms with E-state index in [1.807, 2.05) is 0 Å². The van der Waals surface area contributed by atoms with Crippen LogP contribution in [0.25, 0.3) is 0 Å². The van der Waals surface area contributed by atoms with Crippen molar-refractivity contribution >= 4 is 5.91 Å². The molecule has 1 aromatic heterocycles. The van der Waals surface area contributed by atoms with Crippen LogP contribution >= 0.6 is 0 Å². The Labute approximate surface area is 104 Å². The number of pyridine rings is 1. The first kappa shape index (κ1) is 11.4. The molecule has 1 aromatic rings. The number of nitrogens with one attached hydrogen (secondary N) is 1. The summed E-state index contributed by atoms with van der Waals surface area (Å²) in [7, 11) is 0. The van der Waals surface area contributed by atoms with E-state index in [1.165, 1.54) is 12.1 Å². The summed E-state index contributed by atoms with van der Waals surface area (Å²) >= 11 is 0. The predicted molar refractivity (Wildman–Crippen MR) is 64.2 cm³/mol. The lowest BCUT2D eigenvalue weighted by Gasteiger charge is -2.15. The molecular formula is C13H15FN2O2. The van der Waals surface area contributed by atoms with Crippen LogP contribution in [0.15, 0.2) is 16.9 Å². The summed E-state index contributed by atoms with van der Waals surface area (Å²) < 4.78 is 13.8. The van der Waals surface area contributed by atoms with E-state index in [-0.39, 0.29) is 11.5 Å². The Morgan fingerprint density at radius 2 is 1.94 bits per heavy atom. The average Bonchev–Trinajstić information content (AvgIpc) is 2.92. The molecule has 18 heavy (non-hydrogen) atoms. The number of hydrogen-bond donors (Lipinski definition) is 1. The smallest absolute Gasteiger partial charge is 0.261 e. The van der Waals surface area contributed by atoms with Crippen molar-refractivity contribution in [1.82, 2.24) is 9.88 Å². The second-order valence-electron chi connectivity index (χ2n) is 5.08. The van der Waals surface area contributed by atoms with Crippen molar-refractivity contribution in [2.24, 2.45) is 0 Å². The molecule has 5 heteroatoms. The third-order valence-corrected chi connectivity index (χ3v) is 3.70. The van der Waals surface area contributed by atoms with Crippen LogP contribution in [0.2, 0.25) is 0 Å². The highest BCUT2D eigenvalue weighted by molar-refractivity contribution is 5.94. The highest BCUT2D eigenvalue weighted by Gasteiger charge is 2.46. The summed E-state index contributed by atoms with van der Waals surface area (Å²) in [6.07, 6.45) is 2.86. The maximum atomic E-state index is 13.8. The van der Waals surface area contributed by atoms with E-state index in [1.54, 1.807) is 4.90 Å². The zero-order valence-electron chi connectivity index (χ0n) is 10.0. The summed E-state index contributed by atoms with van der Waals surface area (Å²) in [5, 5.41) is 0. The van der Waals surface area contributed by atoms with Gasteiger partial charge in [-0.05, 0) is 37.8 Å². The number of nitrogens with zero attached hydrogens (tertiary/aromatic N) is 1. The van der Waals surface area contributed by atoms with Crippen LogP contribution in [0, 0.1) is 0 Å². The lowest BCUT2D eigenvalue weighted by atomic mass is 10.1. The van der Waals surface area contributed by atoms with Gasteiger partial charge in [-0.15, -0.1) is 0 Å². The first-order valence-corrected chi connectivity index (χ1v) is 6.32. The van der Waals surface area contributed by atoms with Crippen LogP contribution in [0.1, 0.15) is 41.7 Å². The number of carbonyl (C=O) groups excluding carboxylic acids is 1. The molecule has 0 spiro atoms. The van der Waals surface area contributed by atoms with Crippen molar-refractivity contribution in [3.63, 3.8) is 0 Å². The molecule has 0 radical (unpaired) electrons. The Bertz CT molecular complexity index is 542. The number of likely N-dealkylation sites (tertiary alicyclic amines) is 1. The van der Waals surface area contributed by atoms with E-state index < -0.39 is 11.2 Å². The zero-order chi connectivity index (χ0) is 12.8. The lowest BCUT2D eigenvalue weighted by Crippen LogP contribution is -2.33. The number of carbonyl (C=O) groups is 1. The van der Waals surface area contributed by atoms with Gasteiger partial charge in [0, 0.05) is 13.1 Å². The Morgan fingerprint density at radius 3 is 2.50 bits per heavy atom. The summed E-state index contributed by atoms with van der Waals surface area (Å²) in [6, 6.07) is 2.98. The van der Waals surface area contributed by atoms with Gasteiger partial charge in [-0.1, -0.05) is 0 Å². The van der Waals surface area contributed by atoms with Crippen molar-refractivity contribution in [1.29, 1.82) is 0 Å². The first-order valence-electron chi connectivity index (χ1n) is 6.32. The number of aromatic amines is 1. The molecule has 2 heterocycles. The monoisotopic (exact) mass is 250 g/mol. The van der Waals surface area contributed by atoms with Gasteiger partial charge in [0.2, 0.25) is 0 Å². The average molecular weight is 250 g/mol. The number of amides is 1. The summed E-state index contributed by atoms with van der Waals surface area (Å²) in [6.45, 7) is 1.40. The minimum Gasteiger partial charge on any atom is -0.338 e. The molecular weight excluding hydrogens is 235 g/mol. The van der Waals surface area contributed by atoms with Crippen LogP contribution < -0.4 is 5.56 Å². The third-order valence-electron chi connectivity index (χ3n) is 3.70. The van der Waals surface area contributed by atoms with E-state index >= 15 is 0 Å². The Kier molecular flexibility index (Phi) is 2.50. The number of hydrogen-bond acceptors (Lipinski definition) is 2. The summed E-state index contributed by atoms with van der Waals surface area (Å²) in [4.78, 5) is 28.1. The fourth-order valence-corrected chi connectivity index (χ4v) is 2.37. The van der Waals surface area contributed by atoms with E-state index in [2.05, 4.69) is 4.98 Å². The van der Waals surface area contributed by atoms with Gasteiger partial charge in [0.25, 0.3) is 11.5 Å². The predicted octanol–water partition coefficient (Wildman–Crippen LogP) is 1.57. The van der Waals surface area contributed by atoms with Crippen LogP contribution in [0.4, 0.5) is 4.39 Å². The summed E-state index contributed by atoms with van der Waals surface area (Å²) in [5.74, 6) is -0.246. The molecule has 1 saturated carbocycles. The topological polar surface area (TPSA) is 53.2 Å². The van der Waals surface area contributed by atoms with Gasteiger partial charge in [0.05, 0.1) is 5.69 Å². The molecule has 1 aliphatic carbocycles. The molecule has 2 fully saturated rings. The van der Waals surface area contributed by atoms with Gasteiger partial charge in [0.1, 0.15) is 5.56 Å². The van der Waals surface area contributed by atoms with E-state index in [4.69, 9.17) is 0 Å². The SMILES string of the molecule is O=C(c1ccc(C2(F)CC2)[nH]c1=O)N1CCCC1. The Balaban J connectivity index is 1.89. The molecule has 2 aliphatic rings. The molecule has 4 nitrogen and oxygen atoms in total. The number of H-pyrrole nitrogens is 1. The number of alkyl halides is 1. The van der Waals surface area contributed by atoms with Crippen LogP contribution in [-0.4, -0.2) is 28.9 Å². The van der Waals surface area contributed by atoms with Gasteiger partial charge in [-0.25, -0.2) is 4.39 Å². The third kappa shape index (κ3) is 1.83. The number of aromatic nitrogens is 1. The van der Waals surface area contributed by atoms with Crippen LogP contribution in [-0.2, 0) is 5.67 Å². The molecule has 1 amide bonds. The zero-order valence-corrected chi connectivity index (χ0v) is 10.0. The van der Waals surface area contributed by atoms with Crippen molar-refractivity contribution < 1.29 is 9.18 Å². The fourth-order valence-electron chi connectivity index (χ4n) is 2.37. The highest BCUT2D eigenvalue weighted by atomic mass is 19.1. The van der Waals surface area contributed by atoms with E-state index in [0.717, 1.165) is 12.8 Å². The maximum Gasteiger partial charge on any atom is 0.261 e. The molecule has 1 N–H and O–H groups in total. The Hall–Kier alpha value is -1.65. The molecule has 0 unspecified atom stereocenters. The van der Waals surface area contributed by atoms with Crippen molar-refractivity contribution in [3.8, 4) is 0 Å². The maximum absolute atomic E-state index is 13.8. The van der Waals surface area contributed by atoms with Gasteiger partial charge >= 0.3 is 0 Å². The number of halogens is 1. The van der Waals surface area contributed by atoms with E-state index in [0.29, 0.717) is 31.6 Å². The van der Waals surface area contributed by atoms with Gasteiger partial charge < -0.3 is 9.88 Å². The Morgan fingerprint density at radius 1 is 1.28 bits per heavy atom. The molecule has 0 aromatic carbocycles. The first-order chi connectivity index (χ1) is 8.60. The second kappa shape index (κ2) is 3.93. The van der Waals surface area contributed by atoms with Gasteiger partial charge in [-0.3, -0.25) is 9.59 Å². The minimum atomic E-state index is -1.37. The van der Waals surface area contributed by atoms with Crippen molar-refractivity contribution in [3.05, 3.63) is 33.7 Å². The lowest BCUT2D eigenvalue weighted by molar-refractivity contribution is 0.0791. The molecule has 0 atom stereocenters. The highest BCUT2D eigenvalue weighted by Crippen LogP contribution is 2.48.